The van der Waals surface area contributed by atoms with Crippen molar-refractivity contribution in [3.63, 3.8) is 0 Å². The Morgan fingerprint density at radius 3 is 2.56 bits per heavy atom. The minimum absolute atomic E-state index is 0.0508. The average molecular weight is 262 g/mol. The topological polar surface area (TPSA) is 41.5 Å². The molecule has 1 aromatic carbocycles. The molecule has 18 heavy (non-hydrogen) atoms. The van der Waals surface area contributed by atoms with Gasteiger partial charge >= 0.3 is 0 Å². The highest BCUT2D eigenvalue weighted by molar-refractivity contribution is 8.16. The lowest BCUT2D eigenvalue weighted by molar-refractivity contribution is -0.122. The summed E-state index contributed by atoms with van der Waals surface area (Å²) in [6.07, 6.45) is 0. The van der Waals surface area contributed by atoms with Gasteiger partial charge in [-0.05, 0) is 31.4 Å². The molecule has 2 rings (SSSR count). The number of aliphatic imine (C=N–C) groups is 1. The van der Waals surface area contributed by atoms with Crippen LogP contribution in [0.2, 0.25) is 0 Å². The van der Waals surface area contributed by atoms with Crippen LogP contribution in [0.5, 0.6) is 0 Å². The molecule has 1 saturated heterocycles. The second-order valence-electron chi connectivity index (χ2n) is 5.02. The number of thioether (sulfide) groups is 1. The lowest BCUT2D eigenvalue weighted by Gasteiger charge is -2.22. The lowest BCUT2D eigenvalue weighted by atomic mass is 9.96. The van der Waals surface area contributed by atoms with Crippen LogP contribution in [-0.2, 0) is 4.79 Å². The number of amides is 1. The molecule has 1 amide bonds. The molecule has 1 fully saturated rings. The van der Waals surface area contributed by atoms with E-state index in [0.717, 1.165) is 11.3 Å². The fourth-order valence-electron chi connectivity index (χ4n) is 1.72. The van der Waals surface area contributed by atoms with Crippen LogP contribution in [-0.4, -0.2) is 15.8 Å². The van der Waals surface area contributed by atoms with Gasteiger partial charge in [0.15, 0.2) is 5.17 Å². The molecule has 1 unspecified atom stereocenters. The maximum absolute atomic E-state index is 12.0. The van der Waals surface area contributed by atoms with Gasteiger partial charge in [0.2, 0.25) is 5.91 Å². The van der Waals surface area contributed by atoms with Crippen LogP contribution in [0, 0.1) is 12.8 Å². The molecule has 0 saturated carbocycles. The molecule has 1 atom stereocenters. The number of carbonyl (C=O) groups excluding carboxylic acids is 1. The molecule has 1 aromatic rings. The maximum Gasteiger partial charge on any atom is 0.242 e. The van der Waals surface area contributed by atoms with E-state index in [4.69, 9.17) is 0 Å². The van der Waals surface area contributed by atoms with E-state index < -0.39 is 4.75 Å². The standard InChI is InChI=1S/C14H18N2OS/c1-9(2)14(4)12(17)16-13(18-14)15-11-8-6-5-7-10(11)3/h5-9H,1-4H3,(H,15,16,17). The Kier molecular flexibility index (Phi) is 3.48. The third-order valence-electron chi connectivity index (χ3n) is 3.42. The molecule has 0 spiro atoms. The molecule has 1 aliphatic rings. The number of amidine groups is 1. The predicted molar refractivity (Wildman–Crippen MR) is 77.3 cm³/mol. The van der Waals surface area contributed by atoms with Crippen LogP contribution in [0.25, 0.3) is 0 Å². The summed E-state index contributed by atoms with van der Waals surface area (Å²) < 4.78 is -0.415. The fourth-order valence-corrected chi connectivity index (χ4v) is 2.79. The van der Waals surface area contributed by atoms with E-state index in [1.54, 1.807) is 0 Å². The van der Waals surface area contributed by atoms with Crippen molar-refractivity contribution in [3.8, 4) is 0 Å². The molecule has 3 nitrogen and oxygen atoms in total. The molecule has 4 heteroatoms. The Morgan fingerprint density at radius 1 is 1.33 bits per heavy atom. The number of benzene rings is 1. The third kappa shape index (κ3) is 2.29. The summed E-state index contributed by atoms with van der Waals surface area (Å²) >= 11 is 1.52. The number of aryl methyl sites for hydroxylation is 1. The van der Waals surface area contributed by atoms with Crippen molar-refractivity contribution < 1.29 is 4.79 Å². The Bertz CT molecular complexity index is 510. The van der Waals surface area contributed by atoms with Gasteiger partial charge in [0, 0.05) is 0 Å². The minimum Gasteiger partial charge on any atom is -0.304 e. The Balaban J connectivity index is 2.28. The lowest BCUT2D eigenvalue weighted by Crippen LogP contribution is -2.38. The number of nitrogens with one attached hydrogen (secondary N) is 1. The molecule has 0 aromatic heterocycles. The van der Waals surface area contributed by atoms with Gasteiger partial charge in [0.05, 0.1) is 5.69 Å². The van der Waals surface area contributed by atoms with Gasteiger partial charge in [-0.15, -0.1) is 0 Å². The van der Waals surface area contributed by atoms with Gasteiger partial charge in [-0.2, -0.15) is 0 Å². The summed E-state index contributed by atoms with van der Waals surface area (Å²) in [6, 6.07) is 7.91. The molecule has 0 aliphatic carbocycles. The zero-order valence-electron chi connectivity index (χ0n) is 11.2. The molecule has 1 aliphatic heterocycles. The smallest absolute Gasteiger partial charge is 0.242 e. The molecule has 1 N–H and O–H groups in total. The average Bonchev–Trinajstić information content (AvgIpc) is 2.59. The van der Waals surface area contributed by atoms with Crippen molar-refractivity contribution in [1.82, 2.24) is 5.32 Å². The molecular weight excluding hydrogens is 244 g/mol. The number of hydrogen-bond acceptors (Lipinski definition) is 3. The number of para-hydroxylation sites is 1. The zero-order valence-corrected chi connectivity index (χ0v) is 12.0. The second-order valence-corrected chi connectivity index (χ2v) is 6.46. The molecule has 1 heterocycles. The normalized spacial score (nSPS) is 25.8. The van der Waals surface area contributed by atoms with E-state index in [9.17, 15) is 4.79 Å². The monoisotopic (exact) mass is 262 g/mol. The molecular formula is C14H18N2OS. The highest BCUT2D eigenvalue weighted by Crippen LogP contribution is 2.38. The molecule has 0 bridgehead atoms. The van der Waals surface area contributed by atoms with Gasteiger partial charge in [-0.25, -0.2) is 4.99 Å². The number of carbonyl (C=O) groups is 1. The van der Waals surface area contributed by atoms with E-state index in [1.165, 1.54) is 11.8 Å². The summed E-state index contributed by atoms with van der Waals surface area (Å²) in [5, 5.41) is 3.58. The van der Waals surface area contributed by atoms with Crippen LogP contribution in [0.15, 0.2) is 29.3 Å². The van der Waals surface area contributed by atoms with Crippen molar-refractivity contribution in [2.45, 2.75) is 32.4 Å². The molecule has 96 valence electrons. The van der Waals surface area contributed by atoms with Crippen molar-refractivity contribution in [2.24, 2.45) is 10.9 Å². The Morgan fingerprint density at radius 2 is 2.00 bits per heavy atom. The van der Waals surface area contributed by atoms with Crippen molar-refractivity contribution in [3.05, 3.63) is 29.8 Å². The van der Waals surface area contributed by atoms with E-state index >= 15 is 0 Å². The van der Waals surface area contributed by atoms with Gasteiger partial charge < -0.3 is 5.32 Å². The SMILES string of the molecule is Cc1ccccc1N=C1NC(=O)C(C)(C(C)C)S1. The number of nitrogens with zero attached hydrogens (tertiary/aromatic N) is 1. The Hall–Kier alpha value is -1.29. The van der Waals surface area contributed by atoms with E-state index in [1.807, 2.05) is 38.1 Å². The number of hydrogen-bond donors (Lipinski definition) is 1. The summed E-state index contributed by atoms with van der Waals surface area (Å²) in [4.78, 5) is 16.5. The van der Waals surface area contributed by atoms with E-state index in [-0.39, 0.29) is 11.8 Å². The first kappa shape index (κ1) is 13.1. The van der Waals surface area contributed by atoms with Crippen LogP contribution < -0.4 is 5.32 Å². The van der Waals surface area contributed by atoms with Gasteiger partial charge in [-0.1, -0.05) is 43.8 Å². The van der Waals surface area contributed by atoms with Crippen molar-refractivity contribution in [2.75, 3.05) is 0 Å². The summed E-state index contributed by atoms with van der Waals surface area (Å²) in [5.74, 6) is 0.321. The quantitative estimate of drug-likeness (QED) is 0.888. The highest BCUT2D eigenvalue weighted by Gasteiger charge is 2.44. The first-order valence-corrected chi connectivity index (χ1v) is 6.90. The van der Waals surface area contributed by atoms with Crippen LogP contribution in [0.4, 0.5) is 5.69 Å². The van der Waals surface area contributed by atoms with Crippen LogP contribution >= 0.6 is 11.8 Å². The van der Waals surface area contributed by atoms with E-state index in [2.05, 4.69) is 24.2 Å². The van der Waals surface area contributed by atoms with Crippen molar-refractivity contribution >= 4 is 28.5 Å². The predicted octanol–water partition coefficient (Wildman–Crippen LogP) is 3.26. The Labute approximate surface area is 112 Å². The summed E-state index contributed by atoms with van der Waals surface area (Å²) in [5.41, 5.74) is 2.02. The first-order valence-electron chi connectivity index (χ1n) is 6.08. The fraction of sp³-hybridized carbons (Fsp3) is 0.429. The highest BCUT2D eigenvalue weighted by atomic mass is 32.2. The summed E-state index contributed by atoms with van der Waals surface area (Å²) in [6.45, 7) is 8.10. The molecule has 0 radical (unpaired) electrons. The van der Waals surface area contributed by atoms with Gasteiger partial charge in [0.25, 0.3) is 0 Å². The van der Waals surface area contributed by atoms with E-state index in [0.29, 0.717) is 5.17 Å². The summed E-state index contributed by atoms with van der Waals surface area (Å²) in [7, 11) is 0. The van der Waals surface area contributed by atoms with Crippen LogP contribution in [0.3, 0.4) is 0 Å². The zero-order chi connectivity index (χ0) is 13.3. The number of rotatable bonds is 2. The van der Waals surface area contributed by atoms with Crippen LogP contribution in [0.1, 0.15) is 26.3 Å². The van der Waals surface area contributed by atoms with Crippen molar-refractivity contribution in [1.29, 1.82) is 0 Å². The maximum atomic E-state index is 12.0. The largest absolute Gasteiger partial charge is 0.304 e. The first-order chi connectivity index (χ1) is 8.43. The third-order valence-corrected chi connectivity index (χ3v) is 4.89. The second kappa shape index (κ2) is 4.76. The van der Waals surface area contributed by atoms with Gasteiger partial charge in [0.1, 0.15) is 4.75 Å². The van der Waals surface area contributed by atoms with Gasteiger partial charge in [-0.3, -0.25) is 4.79 Å². The minimum atomic E-state index is -0.415.